The van der Waals surface area contributed by atoms with Gasteiger partial charge in [-0.25, -0.2) is 0 Å². The minimum atomic E-state index is -6.33. The van der Waals surface area contributed by atoms with E-state index in [1.54, 1.807) is 37.3 Å². The number of anilines is 1. The van der Waals surface area contributed by atoms with Crippen LogP contribution >= 0.6 is 0 Å². The van der Waals surface area contributed by atoms with Gasteiger partial charge in [-0.05, 0) is 19.1 Å². The van der Waals surface area contributed by atoms with Crippen LogP contribution in [0.4, 0.5) is 32.0 Å². The van der Waals surface area contributed by atoms with Gasteiger partial charge >= 0.3 is 23.9 Å². The number of esters is 1. The molecule has 0 aliphatic heterocycles. The Morgan fingerprint density at radius 3 is 1.96 bits per heavy atom. The highest BCUT2D eigenvalue weighted by Crippen LogP contribution is 2.47. The van der Waals surface area contributed by atoms with Crippen molar-refractivity contribution in [2.45, 2.75) is 31.3 Å². The molecule has 0 saturated carbocycles. The third kappa shape index (κ3) is 5.99. The number of para-hydroxylation sites is 1. The molecule has 0 unspecified atom stereocenters. The summed E-state index contributed by atoms with van der Waals surface area (Å²) in [5, 5.41) is 0. The molecule has 0 bridgehead atoms. The van der Waals surface area contributed by atoms with Crippen LogP contribution in [0.3, 0.4) is 0 Å². The first-order valence-electron chi connectivity index (χ1n) is 7.73. The molecule has 0 aromatic heterocycles. The molecule has 0 amide bonds. The van der Waals surface area contributed by atoms with Crippen LogP contribution in [-0.2, 0) is 19.6 Å². The molecule has 0 spiro atoms. The summed E-state index contributed by atoms with van der Waals surface area (Å²) < 4.78 is 112. The van der Waals surface area contributed by atoms with Crippen molar-refractivity contribution in [3.63, 3.8) is 0 Å². The van der Waals surface area contributed by atoms with Gasteiger partial charge in [0.1, 0.15) is 5.75 Å². The zero-order chi connectivity index (χ0) is 21.8. The quantitative estimate of drug-likeness (QED) is 0.382. The van der Waals surface area contributed by atoms with Crippen LogP contribution in [0.25, 0.3) is 0 Å². The van der Waals surface area contributed by atoms with Crippen molar-refractivity contribution in [2.75, 3.05) is 23.7 Å². The van der Waals surface area contributed by atoms with Crippen molar-refractivity contribution < 1.29 is 48.8 Å². The molecule has 1 aromatic carbocycles. The Kier molecular flexibility index (Phi) is 7.34. The number of benzene rings is 1. The maximum atomic E-state index is 13.1. The third-order valence-electron chi connectivity index (χ3n) is 3.68. The monoisotopic (exact) mass is 437 g/mol. The number of halogens is 6. The zero-order valence-electron chi connectivity index (χ0n) is 14.4. The Morgan fingerprint density at radius 2 is 1.57 bits per heavy atom. The van der Waals surface area contributed by atoms with E-state index < -0.39 is 46.2 Å². The van der Waals surface area contributed by atoms with E-state index in [2.05, 4.69) is 4.74 Å². The van der Waals surface area contributed by atoms with Gasteiger partial charge in [-0.3, -0.25) is 9.35 Å². The summed E-state index contributed by atoms with van der Waals surface area (Å²) in [6, 6.07) is 8.19. The first-order chi connectivity index (χ1) is 12.6. The Morgan fingerprint density at radius 1 is 1.07 bits per heavy atom. The van der Waals surface area contributed by atoms with Crippen molar-refractivity contribution in [3.05, 3.63) is 30.3 Å². The lowest BCUT2D eigenvalue weighted by atomic mass is 10.1. The molecule has 0 aliphatic rings. The maximum absolute atomic E-state index is 13.1. The first kappa shape index (κ1) is 24.0. The number of hydrogen-bond donors (Lipinski definition) is 1. The van der Waals surface area contributed by atoms with E-state index in [1.807, 2.05) is 0 Å². The molecular formula is C15H17F6NO5S. The van der Waals surface area contributed by atoms with Gasteiger partial charge in [-0.2, -0.15) is 34.8 Å². The van der Waals surface area contributed by atoms with Gasteiger partial charge in [0.2, 0.25) is 0 Å². The normalized spacial score (nSPS) is 13.3. The molecule has 0 aliphatic carbocycles. The first-order valence-corrected chi connectivity index (χ1v) is 9.34. The second-order valence-corrected chi connectivity index (χ2v) is 7.14. The third-order valence-corrected chi connectivity index (χ3v) is 4.45. The van der Waals surface area contributed by atoms with Gasteiger partial charge in [0.25, 0.3) is 10.1 Å². The highest BCUT2D eigenvalue weighted by Gasteiger charge is 2.75. The predicted octanol–water partition coefficient (Wildman–Crippen LogP) is 3.20. The molecule has 0 atom stereocenters. The number of alkyl halides is 6. The standard InChI is InChI=1S/C15H17F6NO5S/c1-2-22(11-6-4-3-5-7-11)9-8-12(23)27-13(14(16,17)18,15(19,20)21)10-28(24,25)26/h3-7H,2,8-10H2,1H3,(H,24,25,26). The van der Waals surface area contributed by atoms with Gasteiger partial charge in [0.05, 0.1) is 6.42 Å². The molecule has 13 heteroatoms. The summed E-state index contributed by atoms with van der Waals surface area (Å²) >= 11 is 0. The lowest BCUT2D eigenvalue weighted by molar-refractivity contribution is -0.361. The maximum Gasteiger partial charge on any atom is 0.438 e. The van der Waals surface area contributed by atoms with Crippen molar-refractivity contribution in [2.24, 2.45) is 0 Å². The Balaban J connectivity index is 3.07. The zero-order valence-corrected chi connectivity index (χ0v) is 15.2. The number of hydrogen-bond acceptors (Lipinski definition) is 5. The molecule has 160 valence electrons. The minimum absolute atomic E-state index is 0.281. The fourth-order valence-corrected chi connectivity index (χ4v) is 3.21. The largest absolute Gasteiger partial charge is 0.438 e. The van der Waals surface area contributed by atoms with Gasteiger partial charge in [-0.15, -0.1) is 0 Å². The Labute approximate surface area is 156 Å². The number of ether oxygens (including phenoxy) is 1. The Bertz CT molecular complexity index is 749. The topological polar surface area (TPSA) is 83.9 Å². The second-order valence-electron chi connectivity index (χ2n) is 5.69. The number of rotatable bonds is 8. The fourth-order valence-electron chi connectivity index (χ4n) is 2.31. The summed E-state index contributed by atoms with van der Waals surface area (Å²) in [6.45, 7) is 1.65. The van der Waals surface area contributed by atoms with Gasteiger partial charge < -0.3 is 9.64 Å². The van der Waals surface area contributed by atoms with Gasteiger partial charge in [0.15, 0.2) is 0 Å². The van der Waals surface area contributed by atoms with E-state index in [9.17, 15) is 39.6 Å². The summed E-state index contributed by atoms with van der Waals surface area (Å²) in [5.74, 6) is -4.82. The van der Waals surface area contributed by atoms with E-state index in [0.29, 0.717) is 5.69 Å². The molecular weight excluding hydrogens is 420 g/mol. The average Bonchev–Trinajstić information content (AvgIpc) is 2.52. The molecule has 1 aromatic rings. The summed E-state index contributed by atoms with van der Waals surface area (Å²) in [4.78, 5) is 13.3. The van der Waals surface area contributed by atoms with Crippen LogP contribution in [0.5, 0.6) is 0 Å². The SMILES string of the molecule is CCN(CCC(=O)OC(CS(=O)(=O)O)(C(F)(F)F)C(F)(F)F)c1ccccc1. The highest BCUT2D eigenvalue weighted by molar-refractivity contribution is 7.85. The van der Waals surface area contributed by atoms with E-state index >= 15 is 0 Å². The molecule has 28 heavy (non-hydrogen) atoms. The second kappa shape index (κ2) is 8.55. The smallest absolute Gasteiger partial charge is 0.438 e. The van der Waals surface area contributed by atoms with Crippen LogP contribution < -0.4 is 4.90 Å². The summed E-state index contributed by atoms with van der Waals surface area (Å²) in [7, 11) is -5.80. The van der Waals surface area contributed by atoms with E-state index in [-0.39, 0.29) is 13.1 Å². The molecule has 0 heterocycles. The van der Waals surface area contributed by atoms with Crippen LogP contribution in [0.15, 0.2) is 30.3 Å². The lowest BCUT2D eigenvalue weighted by Gasteiger charge is -2.35. The summed E-state index contributed by atoms with van der Waals surface area (Å²) in [6.07, 6.45) is -13.6. The molecule has 6 nitrogen and oxygen atoms in total. The van der Waals surface area contributed by atoms with E-state index in [0.717, 1.165) is 0 Å². The highest BCUT2D eigenvalue weighted by atomic mass is 32.2. The number of carbonyl (C=O) groups is 1. The fraction of sp³-hybridized carbons (Fsp3) is 0.533. The Hall–Kier alpha value is -2.02. The molecule has 0 radical (unpaired) electrons. The van der Waals surface area contributed by atoms with Crippen LogP contribution in [0.2, 0.25) is 0 Å². The lowest BCUT2D eigenvalue weighted by Crippen LogP contribution is -2.63. The predicted molar refractivity (Wildman–Crippen MR) is 86.3 cm³/mol. The van der Waals surface area contributed by atoms with Crippen LogP contribution in [0.1, 0.15) is 13.3 Å². The minimum Gasteiger partial charge on any atom is -0.438 e. The van der Waals surface area contributed by atoms with E-state index in [4.69, 9.17) is 4.55 Å². The number of carbonyl (C=O) groups excluding carboxylic acids is 1. The molecule has 1 rings (SSSR count). The van der Waals surface area contributed by atoms with Crippen molar-refractivity contribution in [1.29, 1.82) is 0 Å². The number of nitrogens with zero attached hydrogens (tertiary/aromatic N) is 1. The van der Waals surface area contributed by atoms with E-state index in [1.165, 1.54) is 4.90 Å². The molecule has 0 saturated heterocycles. The molecule has 0 fully saturated rings. The van der Waals surface area contributed by atoms with Gasteiger partial charge in [-0.1, -0.05) is 18.2 Å². The molecule has 1 N–H and O–H groups in total. The van der Waals surface area contributed by atoms with Crippen molar-refractivity contribution in [3.8, 4) is 0 Å². The van der Waals surface area contributed by atoms with Crippen LogP contribution in [-0.4, -0.2) is 55.7 Å². The average molecular weight is 437 g/mol. The van der Waals surface area contributed by atoms with Crippen molar-refractivity contribution in [1.82, 2.24) is 0 Å². The summed E-state index contributed by atoms with van der Waals surface area (Å²) in [5.41, 5.74) is -4.82. The van der Waals surface area contributed by atoms with Crippen LogP contribution in [0, 0.1) is 0 Å². The van der Waals surface area contributed by atoms with Crippen molar-refractivity contribution >= 4 is 21.8 Å². The van der Waals surface area contributed by atoms with Gasteiger partial charge in [0, 0.05) is 18.8 Å².